The third-order valence-corrected chi connectivity index (χ3v) is 5.12. The summed E-state index contributed by atoms with van der Waals surface area (Å²) in [6.45, 7) is 0. The maximum atomic E-state index is 9.66. The standard InChI is InChI=1S/C21H23NO3/c1-23-18-11-10-17(19(24-2)20(18)25-3)15-6-8-16(9-7-15)21(14-22)12-4-5-13-21/h6-11H,4-5,12-13H2,1-3H3. The molecule has 0 atom stereocenters. The van der Waals surface area contributed by atoms with Crippen molar-refractivity contribution in [2.45, 2.75) is 31.1 Å². The minimum atomic E-state index is -0.319. The molecule has 4 nitrogen and oxygen atoms in total. The average molecular weight is 337 g/mol. The predicted molar refractivity (Wildman–Crippen MR) is 97.3 cm³/mol. The monoisotopic (exact) mass is 337 g/mol. The number of benzene rings is 2. The molecule has 1 saturated carbocycles. The van der Waals surface area contributed by atoms with Gasteiger partial charge in [0.05, 0.1) is 32.8 Å². The van der Waals surface area contributed by atoms with Crippen LogP contribution in [-0.2, 0) is 5.41 Å². The lowest BCUT2D eigenvalue weighted by Crippen LogP contribution is -2.18. The Hall–Kier alpha value is -2.67. The molecule has 0 saturated heterocycles. The van der Waals surface area contributed by atoms with Crippen molar-refractivity contribution in [1.82, 2.24) is 0 Å². The van der Waals surface area contributed by atoms with Crippen molar-refractivity contribution >= 4 is 0 Å². The predicted octanol–water partition coefficient (Wildman–Crippen LogP) is 4.71. The second-order valence-corrected chi connectivity index (χ2v) is 6.36. The molecular formula is C21H23NO3. The lowest BCUT2D eigenvalue weighted by atomic mass is 9.80. The van der Waals surface area contributed by atoms with Crippen LogP contribution in [-0.4, -0.2) is 21.3 Å². The molecule has 0 aromatic heterocycles. The molecule has 0 amide bonds. The summed E-state index contributed by atoms with van der Waals surface area (Å²) in [6, 6.07) is 14.6. The number of hydrogen-bond donors (Lipinski definition) is 0. The van der Waals surface area contributed by atoms with E-state index >= 15 is 0 Å². The number of hydrogen-bond acceptors (Lipinski definition) is 4. The van der Waals surface area contributed by atoms with E-state index in [1.165, 1.54) is 0 Å². The van der Waals surface area contributed by atoms with Crippen LogP contribution in [0.1, 0.15) is 31.2 Å². The van der Waals surface area contributed by atoms with Gasteiger partial charge < -0.3 is 14.2 Å². The van der Waals surface area contributed by atoms with E-state index in [0.29, 0.717) is 17.2 Å². The van der Waals surface area contributed by atoms with Gasteiger partial charge in [-0.2, -0.15) is 5.26 Å². The zero-order valence-corrected chi connectivity index (χ0v) is 15.0. The fraction of sp³-hybridized carbons (Fsp3) is 0.381. The molecule has 2 aromatic carbocycles. The Morgan fingerprint density at radius 3 is 2.00 bits per heavy atom. The minimum Gasteiger partial charge on any atom is -0.493 e. The van der Waals surface area contributed by atoms with E-state index in [2.05, 4.69) is 30.3 Å². The lowest BCUT2D eigenvalue weighted by molar-refractivity contribution is 0.325. The first-order valence-corrected chi connectivity index (χ1v) is 8.50. The fourth-order valence-electron chi connectivity index (χ4n) is 3.74. The number of rotatable bonds is 5. The van der Waals surface area contributed by atoms with Crippen molar-refractivity contribution in [2.24, 2.45) is 0 Å². The van der Waals surface area contributed by atoms with Crippen LogP contribution >= 0.6 is 0 Å². The normalized spacial score (nSPS) is 15.4. The first-order valence-electron chi connectivity index (χ1n) is 8.50. The summed E-state index contributed by atoms with van der Waals surface area (Å²) >= 11 is 0. The summed E-state index contributed by atoms with van der Waals surface area (Å²) in [4.78, 5) is 0. The summed E-state index contributed by atoms with van der Waals surface area (Å²) < 4.78 is 16.4. The molecule has 1 fully saturated rings. The average Bonchev–Trinajstić information content (AvgIpc) is 3.17. The highest BCUT2D eigenvalue weighted by Crippen LogP contribution is 2.45. The SMILES string of the molecule is COc1ccc(-c2ccc(C3(C#N)CCCC3)cc2)c(OC)c1OC. The molecule has 1 aliphatic rings. The molecule has 0 N–H and O–H groups in total. The Morgan fingerprint density at radius 1 is 0.840 bits per heavy atom. The number of methoxy groups -OCH3 is 3. The lowest BCUT2D eigenvalue weighted by Gasteiger charge is -2.21. The molecule has 0 radical (unpaired) electrons. The minimum absolute atomic E-state index is 0.319. The van der Waals surface area contributed by atoms with E-state index < -0.39 is 0 Å². The number of ether oxygens (including phenoxy) is 3. The number of nitriles is 1. The third kappa shape index (κ3) is 2.91. The fourth-order valence-corrected chi connectivity index (χ4v) is 3.74. The highest BCUT2D eigenvalue weighted by Gasteiger charge is 2.35. The van der Waals surface area contributed by atoms with Gasteiger partial charge in [0, 0.05) is 5.56 Å². The van der Waals surface area contributed by atoms with Crippen LogP contribution in [0.3, 0.4) is 0 Å². The first-order chi connectivity index (χ1) is 12.2. The van der Waals surface area contributed by atoms with Gasteiger partial charge >= 0.3 is 0 Å². The summed E-state index contributed by atoms with van der Waals surface area (Å²) in [5.74, 6) is 1.86. The van der Waals surface area contributed by atoms with Crippen molar-refractivity contribution in [3.05, 3.63) is 42.0 Å². The molecule has 2 aromatic rings. The summed E-state index contributed by atoms with van der Waals surface area (Å²) in [5, 5.41) is 9.66. The Balaban J connectivity index is 2.02. The van der Waals surface area contributed by atoms with Crippen LogP contribution in [0.4, 0.5) is 0 Å². The van der Waals surface area contributed by atoms with E-state index in [9.17, 15) is 5.26 Å². The smallest absolute Gasteiger partial charge is 0.203 e. The summed E-state index contributed by atoms with van der Waals surface area (Å²) in [7, 11) is 4.83. The second-order valence-electron chi connectivity index (χ2n) is 6.36. The molecule has 0 heterocycles. The van der Waals surface area contributed by atoms with E-state index in [-0.39, 0.29) is 5.41 Å². The van der Waals surface area contributed by atoms with Crippen molar-refractivity contribution in [2.75, 3.05) is 21.3 Å². The van der Waals surface area contributed by atoms with Gasteiger partial charge in [-0.3, -0.25) is 0 Å². The van der Waals surface area contributed by atoms with Gasteiger partial charge in [-0.1, -0.05) is 37.1 Å². The van der Waals surface area contributed by atoms with E-state index in [1.54, 1.807) is 21.3 Å². The van der Waals surface area contributed by atoms with Crippen molar-refractivity contribution in [3.63, 3.8) is 0 Å². The Bertz CT molecular complexity index is 784. The number of nitrogens with zero attached hydrogens (tertiary/aromatic N) is 1. The van der Waals surface area contributed by atoms with Gasteiger partial charge in [0.2, 0.25) is 5.75 Å². The van der Waals surface area contributed by atoms with Crippen molar-refractivity contribution in [1.29, 1.82) is 5.26 Å². The molecular weight excluding hydrogens is 314 g/mol. The van der Waals surface area contributed by atoms with Gasteiger partial charge in [-0.15, -0.1) is 0 Å². The molecule has 0 bridgehead atoms. The zero-order valence-electron chi connectivity index (χ0n) is 15.0. The van der Waals surface area contributed by atoms with Gasteiger partial charge in [0.15, 0.2) is 11.5 Å². The quantitative estimate of drug-likeness (QED) is 0.792. The maximum Gasteiger partial charge on any atom is 0.203 e. The zero-order chi connectivity index (χ0) is 17.9. The topological polar surface area (TPSA) is 51.5 Å². The Morgan fingerprint density at radius 2 is 1.48 bits per heavy atom. The van der Waals surface area contributed by atoms with Crippen LogP contribution in [0.15, 0.2) is 36.4 Å². The largest absolute Gasteiger partial charge is 0.493 e. The molecule has 4 heteroatoms. The molecule has 0 aliphatic heterocycles. The molecule has 0 spiro atoms. The van der Waals surface area contributed by atoms with E-state index in [0.717, 1.165) is 42.4 Å². The Labute approximate surface area is 149 Å². The summed E-state index contributed by atoms with van der Waals surface area (Å²) in [5.41, 5.74) is 2.74. The van der Waals surface area contributed by atoms with Crippen LogP contribution in [0.2, 0.25) is 0 Å². The summed E-state index contributed by atoms with van der Waals surface area (Å²) in [6.07, 6.45) is 4.14. The van der Waals surface area contributed by atoms with Gasteiger partial charge in [-0.25, -0.2) is 0 Å². The van der Waals surface area contributed by atoms with E-state index in [1.807, 2.05) is 12.1 Å². The molecule has 0 unspecified atom stereocenters. The highest BCUT2D eigenvalue weighted by molar-refractivity contribution is 5.76. The molecule has 25 heavy (non-hydrogen) atoms. The van der Waals surface area contributed by atoms with Gasteiger partial charge in [0.25, 0.3) is 0 Å². The van der Waals surface area contributed by atoms with Crippen molar-refractivity contribution in [3.8, 4) is 34.4 Å². The van der Waals surface area contributed by atoms with Gasteiger partial charge in [-0.05, 0) is 36.1 Å². The molecule has 1 aliphatic carbocycles. The second kappa shape index (κ2) is 7.06. The Kier molecular flexibility index (Phi) is 4.85. The van der Waals surface area contributed by atoms with Crippen LogP contribution in [0.5, 0.6) is 17.2 Å². The van der Waals surface area contributed by atoms with Gasteiger partial charge in [0.1, 0.15) is 0 Å². The van der Waals surface area contributed by atoms with Crippen LogP contribution in [0.25, 0.3) is 11.1 Å². The van der Waals surface area contributed by atoms with Crippen LogP contribution in [0, 0.1) is 11.3 Å². The van der Waals surface area contributed by atoms with E-state index in [4.69, 9.17) is 14.2 Å². The highest BCUT2D eigenvalue weighted by atomic mass is 16.5. The van der Waals surface area contributed by atoms with Crippen LogP contribution < -0.4 is 14.2 Å². The maximum absolute atomic E-state index is 9.66. The molecule has 130 valence electrons. The van der Waals surface area contributed by atoms with Crippen molar-refractivity contribution < 1.29 is 14.2 Å². The third-order valence-electron chi connectivity index (χ3n) is 5.12. The first kappa shape index (κ1) is 17.2. The molecule has 3 rings (SSSR count).